The standard InChI is InChI=1S/C50H32N3OP/c54-55(38-15-5-2-6-16-38)46-22-12-9-18-40(46)42-32-31-41-39-17-8-11-21-45(39)53(48(41)49(42)55)37-29-27-36(28-30-37)50-51-44-20-10-7-19-43(44)47(52-50)35-25-23-34(24-26-35)33-13-3-1-4-14-33/h1-32H. The molecule has 8 aromatic carbocycles. The Balaban J connectivity index is 1.08. The Labute approximate surface area is 318 Å². The van der Waals surface area contributed by atoms with E-state index in [0.717, 1.165) is 82.3 Å². The van der Waals surface area contributed by atoms with Crippen molar-refractivity contribution in [2.24, 2.45) is 0 Å². The SMILES string of the molecule is O=P1(c2ccccc2)c2ccccc2-c2ccc3c4ccccc4n(-c4ccc(-c5nc(-c6ccc(-c7ccccc7)cc6)c6ccccc6n5)cc4)c3c21. The normalized spacial score (nSPS) is 14.7. The maximum absolute atomic E-state index is 15.9. The lowest BCUT2D eigenvalue weighted by Gasteiger charge is -2.18. The molecule has 0 N–H and O–H groups in total. The van der Waals surface area contributed by atoms with Gasteiger partial charge in [0, 0.05) is 43.6 Å². The van der Waals surface area contributed by atoms with Gasteiger partial charge in [-0.3, -0.25) is 0 Å². The molecule has 0 bridgehead atoms. The van der Waals surface area contributed by atoms with E-state index < -0.39 is 7.14 Å². The van der Waals surface area contributed by atoms with Gasteiger partial charge >= 0.3 is 0 Å². The molecule has 5 heteroatoms. The van der Waals surface area contributed by atoms with Crippen LogP contribution in [0.3, 0.4) is 0 Å². The molecule has 10 aromatic rings. The second-order valence-electron chi connectivity index (χ2n) is 14.1. The molecule has 1 aliphatic rings. The third-order valence-electron chi connectivity index (χ3n) is 11.0. The first kappa shape index (κ1) is 31.6. The molecule has 0 aliphatic carbocycles. The topological polar surface area (TPSA) is 47.8 Å². The summed E-state index contributed by atoms with van der Waals surface area (Å²) in [6.07, 6.45) is 0. The maximum atomic E-state index is 15.9. The van der Waals surface area contributed by atoms with E-state index >= 15 is 4.57 Å². The average molecular weight is 722 g/mol. The molecule has 1 aliphatic heterocycles. The quantitative estimate of drug-likeness (QED) is 0.166. The molecule has 1 atom stereocenters. The van der Waals surface area contributed by atoms with Gasteiger partial charge < -0.3 is 9.13 Å². The van der Waals surface area contributed by atoms with E-state index in [4.69, 9.17) is 9.97 Å². The van der Waals surface area contributed by atoms with Crippen molar-refractivity contribution < 1.29 is 4.57 Å². The average Bonchev–Trinajstić information content (AvgIpc) is 3.74. The zero-order valence-corrected chi connectivity index (χ0v) is 30.6. The van der Waals surface area contributed by atoms with Crippen LogP contribution < -0.4 is 15.9 Å². The van der Waals surface area contributed by atoms with Crippen LogP contribution in [0, 0.1) is 0 Å². The summed E-state index contributed by atoms with van der Waals surface area (Å²) < 4.78 is 18.2. The van der Waals surface area contributed by atoms with Crippen LogP contribution in [0.15, 0.2) is 194 Å². The number of hydrogen-bond acceptors (Lipinski definition) is 3. The molecule has 55 heavy (non-hydrogen) atoms. The van der Waals surface area contributed by atoms with Crippen molar-refractivity contribution >= 4 is 55.8 Å². The zero-order valence-electron chi connectivity index (χ0n) is 29.7. The van der Waals surface area contributed by atoms with Gasteiger partial charge in [-0.25, -0.2) is 9.97 Å². The number of para-hydroxylation sites is 2. The molecule has 0 amide bonds. The highest BCUT2D eigenvalue weighted by Gasteiger charge is 2.42. The van der Waals surface area contributed by atoms with E-state index in [-0.39, 0.29) is 0 Å². The van der Waals surface area contributed by atoms with Crippen molar-refractivity contribution in [3.8, 4) is 50.6 Å². The molecule has 258 valence electrons. The first-order valence-electron chi connectivity index (χ1n) is 18.5. The van der Waals surface area contributed by atoms with Crippen molar-refractivity contribution in [3.05, 3.63) is 194 Å². The predicted octanol–water partition coefficient (Wildman–Crippen LogP) is 11.3. The van der Waals surface area contributed by atoms with Crippen LogP contribution in [0.1, 0.15) is 0 Å². The fourth-order valence-electron chi connectivity index (χ4n) is 8.48. The van der Waals surface area contributed by atoms with Gasteiger partial charge in [0.15, 0.2) is 13.0 Å². The summed E-state index contributed by atoms with van der Waals surface area (Å²) in [4.78, 5) is 10.3. The Bertz CT molecular complexity index is 3150. The fraction of sp³-hybridized carbons (Fsp3) is 0. The lowest BCUT2D eigenvalue weighted by molar-refractivity contribution is 0.593. The minimum absolute atomic E-state index is 0.666. The highest BCUT2D eigenvalue weighted by molar-refractivity contribution is 7.86. The number of benzene rings is 8. The Kier molecular flexibility index (Phi) is 7.10. The Morgan fingerprint density at radius 3 is 1.85 bits per heavy atom. The van der Waals surface area contributed by atoms with Gasteiger partial charge in [0.25, 0.3) is 0 Å². The van der Waals surface area contributed by atoms with Gasteiger partial charge in [-0.1, -0.05) is 158 Å². The van der Waals surface area contributed by atoms with Crippen molar-refractivity contribution in [1.29, 1.82) is 0 Å². The predicted molar refractivity (Wildman–Crippen MR) is 229 cm³/mol. The number of nitrogens with zero attached hydrogens (tertiary/aromatic N) is 3. The van der Waals surface area contributed by atoms with Crippen molar-refractivity contribution in [2.75, 3.05) is 0 Å². The van der Waals surface area contributed by atoms with Gasteiger partial charge in [-0.05, 0) is 58.7 Å². The van der Waals surface area contributed by atoms with Gasteiger partial charge in [-0.2, -0.15) is 0 Å². The van der Waals surface area contributed by atoms with Gasteiger partial charge in [-0.15, -0.1) is 0 Å². The highest BCUT2D eigenvalue weighted by Crippen LogP contribution is 2.55. The molecule has 4 nitrogen and oxygen atoms in total. The van der Waals surface area contributed by atoms with E-state index in [1.54, 1.807) is 0 Å². The second kappa shape index (κ2) is 12.3. The van der Waals surface area contributed by atoms with Crippen LogP contribution in [0.2, 0.25) is 0 Å². The number of fused-ring (bicyclic) bond motifs is 8. The van der Waals surface area contributed by atoms with E-state index in [1.807, 2.05) is 66.7 Å². The van der Waals surface area contributed by atoms with Crippen LogP contribution in [0.5, 0.6) is 0 Å². The molecule has 2 aromatic heterocycles. The molecule has 0 saturated carbocycles. The molecule has 11 rings (SSSR count). The van der Waals surface area contributed by atoms with E-state index in [2.05, 4.69) is 132 Å². The zero-order chi connectivity index (χ0) is 36.5. The number of aromatic nitrogens is 3. The van der Waals surface area contributed by atoms with Crippen LogP contribution in [-0.4, -0.2) is 14.5 Å². The minimum Gasteiger partial charge on any atom is -0.309 e. The van der Waals surface area contributed by atoms with Crippen LogP contribution in [0.25, 0.3) is 83.3 Å². The first-order chi connectivity index (χ1) is 27.2. The molecular weight excluding hydrogens is 690 g/mol. The van der Waals surface area contributed by atoms with E-state index in [9.17, 15) is 0 Å². The molecule has 0 spiro atoms. The van der Waals surface area contributed by atoms with Crippen LogP contribution in [-0.2, 0) is 4.57 Å². The smallest absolute Gasteiger partial charge is 0.174 e. The summed E-state index contributed by atoms with van der Waals surface area (Å²) in [5.74, 6) is 0.666. The third-order valence-corrected chi connectivity index (χ3v) is 14.2. The second-order valence-corrected chi connectivity index (χ2v) is 16.7. The molecule has 0 fully saturated rings. The van der Waals surface area contributed by atoms with Crippen LogP contribution in [0.4, 0.5) is 0 Å². The van der Waals surface area contributed by atoms with Gasteiger partial charge in [0.1, 0.15) is 0 Å². The van der Waals surface area contributed by atoms with E-state index in [1.165, 1.54) is 11.1 Å². The summed E-state index contributed by atoms with van der Waals surface area (Å²) in [5, 5.41) is 5.87. The monoisotopic (exact) mass is 721 g/mol. The summed E-state index contributed by atoms with van der Waals surface area (Å²) in [6.45, 7) is 0. The third kappa shape index (κ3) is 4.82. The fourth-order valence-corrected chi connectivity index (χ4v) is 11.7. The maximum Gasteiger partial charge on any atom is 0.174 e. The lowest BCUT2D eigenvalue weighted by Crippen LogP contribution is -2.22. The van der Waals surface area contributed by atoms with E-state index in [0.29, 0.717) is 5.82 Å². The largest absolute Gasteiger partial charge is 0.309 e. The van der Waals surface area contributed by atoms with Gasteiger partial charge in [0.2, 0.25) is 0 Å². The molecule has 1 unspecified atom stereocenters. The Morgan fingerprint density at radius 2 is 1.05 bits per heavy atom. The van der Waals surface area contributed by atoms with Crippen molar-refractivity contribution in [1.82, 2.24) is 14.5 Å². The molecule has 0 saturated heterocycles. The number of rotatable bonds is 5. The molecule has 3 heterocycles. The van der Waals surface area contributed by atoms with Crippen LogP contribution >= 0.6 is 7.14 Å². The van der Waals surface area contributed by atoms with Gasteiger partial charge in [0.05, 0.1) is 27.5 Å². The lowest BCUT2D eigenvalue weighted by atomic mass is 10.0. The highest BCUT2D eigenvalue weighted by atomic mass is 31.2. The Morgan fingerprint density at radius 1 is 0.436 bits per heavy atom. The first-order valence-corrected chi connectivity index (χ1v) is 20.2. The summed E-state index contributed by atoms with van der Waals surface area (Å²) in [6, 6.07) is 66.8. The molecule has 0 radical (unpaired) electrons. The summed E-state index contributed by atoms with van der Waals surface area (Å²) >= 11 is 0. The molecular formula is C50H32N3OP. The number of hydrogen-bond donors (Lipinski definition) is 0. The van der Waals surface area contributed by atoms with Crippen molar-refractivity contribution in [3.63, 3.8) is 0 Å². The minimum atomic E-state index is -3.23. The Hall–Kier alpha value is -6.87. The summed E-state index contributed by atoms with van der Waals surface area (Å²) in [5.41, 5.74) is 11.2. The van der Waals surface area contributed by atoms with Crippen molar-refractivity contribution in [2.45, 2.75) is 0 Å². The summed E-state index contributed by atoms with van der Waals surface area (Å²) in [7, 11) is -3.23.